The maximum atomic E-state index is 11.4. The van der Waals surface area contributed by atoms with Crippen LogP contribution in [0.25, 0.3) is 0 Å². The van der Waals surface area contributed by atoms with Gasteiger partial charge in [0.1, 0.15) is 0 Å². The molecule has 0 radical (unpaired) electrons. The number of carbonyl (C=O) groups excluding carboxylic acids is 1. The number of nitrogens with one attached hydrogen (secondary N) is 1. The van der Waals surface area contributed by atoms with E-state index in [-0.39, 0.29) is 5.91 Å². The van der Waals surface area contributed by atoms with Crippen molar-refractivity contribution in [2.24, 2.45) is 11.3 Å². The van der Waals surface area contributed by atoms with E-state index in [1.54, 1.807) is 13.8 Å². The molecule has 0 aromatic carbocycles. The van der Waals surface area contributed by atoms with Gasteiger partial charge in [-0.05, 0) is 32.6 Å². The molecule has 92 valence electrons. The first kappa shape index (κ1) is 13.0. The van der Waals surface area contributed by atoms with E-state index >= 15 is 0 Å². The molecule has 0 aromatic heterocycles. The van der Waals surface area contributed by atoms with Gasteiger partial charge in [-0.15, -0.1) is 0 Å². The van der Waals surface area contributed by atoms with Gasteiger partial charge in [0.15, 0.2) is 0 Å². The van der Waals surface area contributed by atoms with Gasteiger partial charge in [-0.25, -0.2) is 0 Å². The lowest BCUT2D eigenvalue weighted by Crippen LogP contribution is -2.31. The fraction of sp³-hybridized carbons (Fsp3) is 0.833. The molecule has 0 heterocycles. The van der Waals surface area contributed by atoms with E-state index in [1.165, 1.54) is 12.8 Å². The summed E-state index contributed by atoms with van der Waals surface area (Å²) in [7, 11) is 0. The number of hydrogen-bond acceptors (Lipinski definition) is 2. The maximum absolute atomic E-state index is 11.4. The number of carboxylic acid groups (broad SMARTS) is 1. The lowest BCUT2D eigenvalue weighted by atomic mass is 9.90. The molecule has 4 nitrogen and oxygen atoms in total. The van der Waals surface area contributed by atoms with Crippen LogP contribution in [0.15, 0.2) is 0 Å². The van der Waals surface area contributed by atoms with Crippen molar-refractivity contribution >= 4 is 11.9 Å². The number of amides is 1. The number of aliphatic carboxylic acids is 1. The summed E-state index contributed by atoms with van der Waals surface area (Å²) in [5, 5.41) is 11.7. The first-order valence-corrected chi connectivity index (χ1v) is 5.92. The van der Waals surface area contributed by atoms with Crippen LogP contribution in [-0.2, 0) is 9.59 Å². The molecule has 1 rings (SSSR count). The summed E-state index contributed by atoms with van der Waals surface area (Å²) < 4.78 is 0. The molecule has 2 N–H and O–H groups in total. The lowest BCUT2D eigenvalue weighted by Gasteiger charge is -2.18. The van der Waals surface area contributed by atoms with Crippen LogP contribution in [0.5, 0.6) is 0 Å². The molecule has 0 spiro atoms. The Hall–Kier alpha value is -1.06. The molecule has 16 heavy (non-hydrogen) atoms. The summed E-state index contributed by atoms with van der Waals surface area (Å²) in [5.41, 5.74) is -0.760. The molecule has 0 aliphatic heterocycles. The Morgan fingerprint density at radius 1 is 1.38 bits per heavy atom. The van der Waals surface area contributed by atoms with Crippen molar-refractivity contribution in [1.29, 1.82) is 0 Å². The van der Waals surface area contributed by atoms with Crippen LogP contribution in [-0.4, -0.2) is 23.5 Å². The zero-order valence-electron chi connectivity index (χ0n) is 10.1. The molecule has 1 saturated carbocycles. The van der Waals surface area contributed by atoms with E-state index in [1.807, 2.05) is 0 Å². The van der Waals surface area contributed by atoms with Crippen molar-refractivity contribution in [3.05, 3.63) is 0 Å². The summed E-state index contributed by atoms with van der Waals surface area (Å²) in [6, 6.07) is 0. The minimum Gasteiger partial charge on any atom is -0.481 e. The van der Waals surface area contributed by atoms with E-state index in [0.717, 1.165) is 12.3 Å². The van der Waals surface area contributed by atoms with Crippen LogP contribution in [0.1, 0.15) is 46.0 Å². The standard InChI is InChI=1S/C12H21NO3/c1-12(2,11(15)16)7-8-13-10(14)6-5-9-3-4-9/h9H,3-8H2,1-2H3,(H,13,14)(H,15,16). The van der Waals surface area contributed by atoms with Crippen LogP contribution in [0, 0.1) is 11.3 Å². The highest BCUT2D eigenvalue weighted by molar-refractivity contribution is 5.76. The van der Waals surface area contributed by atoms with E-state index in [9.17, 15) is 9.59 Å². The first-order chi connectivity index (χ1) is 7.42. The summed E-state index contributed by atoms with van der Waals surface area (Å²) in [6.45, 7) is 3.79. The Morgan fingerprint density at radius 2 is 2.00 bits per heavy atom. The van der Waals surface area contributed by atoms with Crippen molar-refractivity contribution in [3.8, 4) is 0 Å². The molecular formula is C12H21NO3. The maximum Gasteiger partial charge on any atom is 0.309 e. The van der Waals surface area contributed by atoms with Gasteiger partial charge in [0.05, 0.1) is 5.41 Å². The Morgan fingerprint density at radius 3 is 2.50 bits per heavy atom. The van der Waals surface area contributed by atoms with Crippen LogP contribution in [0.3, 0.4) is 0 Å². The third kappa shape index (κ3) is 4.64. The number of carboxylic acids is 1. The molecule has 4 heteroatoms. The monoisotopic (exact) mass is 227 g/mol. The average molecular weight is 227 g/mol. The number of carbonyl (C=O) groups is 2. The van der Waals surface area contributed by atoms with E-state index in [2.05, 4.69) is 5.32 Å². The molecule has 0 bridgehead atoms. The fourth-order valence-electron chi connectivity index (χ4n) is 1.45. The minimum absolute atomic E-state index is 0.0492. The highest BCUT2D eigenvalue weighted by Gasteiger charge is 2.26. The van der Waals surface area contributed by atoms with Crippen LogP contribution < -0.4 is 5.32 Å². The lowest BCUT2D eigenvalue weighted by molar-refractivity contribution is -0.147. The zero-order chi connectivity index (χ0) is 12.2. The van der Waals surface area contributed by atoms with Gasteiger partial charge >= 0.3 is 5.97 Å². The zero-order valence-corrected chi connectivity index (χ0v) is 10.1. The molecule has 0 aromatic rings. The Labute approximate surface area is 96.4 Å². The molecular weight excluding hydrogens is 206 g/mol. The van der Waals surface area contributed by atoms with E-state index in [0.29, 0.717) is 19.4 Å². The molecule has 0 atom stereocenters. The van der Waals surface area contributed by atoms with Crippen molar-refractivity contribution < 1.29 is 14.7 Å². The van der Waals surface area contributed by atoms with Gasteiger partial charge in [-0.1, -0.05) is 12.8 Å². The van der Waals surface area contributed by atoms with Gasteiger partial charge in [0.2, 0.25) is 5.91 Å². The number of rotatable bonds is 7. The average Bonchev–Trinajstić information content (AvgIpc) is 2.97. The van der Waals surface area contributed by atoms with Gasteiger partial charge in [0, 0.05) is 13.0 Å². The molecule has 1 amide bonds. The van der Waals surface area contributed by atoms with Gasteiger partial charge in [-0.2, -0.15) is 0 Å². The second kappa shape index (κ2) is 5.32. The minimum atomic E-state index is -0.820. The Balaban J connectivity index is 2.09. The first-order valence-electron chi connectivity index (χ1n) is 5.92. The summed E-state index contributed by atoms with van der Waals surface area (Å²) in [5.74, 6) is -0.00553. The highest BCUT2D eigenvalue weighted by atomic mass is 16.4. The largest absolute Gasteiger partial charge is 0.481 e. The third-order valence-electron chi connectivity index (χ3n) is 3.13. The normalized spacial score (nSPS) is 15.9. The van der Waals surface area contributed by atoms with Gasteiger partial charge < -0.3 is 10.4 Å². The fourth-order valence-corrected chi connectivity index (χ4v) is 1.45. The van der Waals surface area contributed by atoms with Crippen LogP contribution in [0.4, 0.5) is 0 Å². The van der Waals surface area contributed by atoms with E-state index in [4.69, 9.17) is 5.11 Å². The second-order valence-corrected chi connectivity index (χ2v) is 5.27. The van der Waals surface area contributed by atoms with Crippen molar-refractivity contribution in [1.82, 2.24) is 5.32 Å². The smallest absolute Gasteiger partial charge is 0.309 e. The van der Waals surface area contributed by atoms with E-state index < -0.39 is 11.4 Å². The SMILES string of the molecule is CC(C)(CCNC(=O)CCC1CC1)C(=O)O. The Kier molecular flexibility index (Phi) is 4.33. The molecule has 1 aliphatic rings. The Bertz CT molecular complexity index is 269. The van der Waals surface area contributed by atoms with Crippen LogP contribution >= 0.6 is 0 Å². The van der Waals surface area contributed by atoms with Crippen molar-refractivity contribution in [2.45, 2.75) is 46.0 Å². The predicted molar refractivity (Wildman–Crippen MR) is 61.0 cm³/mol. The molecule has 0 unspecified atom stereocenters. The predicted octanol–water partition coefficient (Wildman–Crippen LogP) is 1.79. The quantitative estimate of drug-likeness (QED) is 0.697. The third-order valence-corrected chi connectivity index (χ3v) is 3.13. The highest BCUT2D eigenvalue weighted by Crippen LogP contribution is 2.33. The van der Waals surface area contributed by atoms with Crippen LogP contribution in [0.2, 0.25) is 0 Å². The van der Waals surface area contributed by atoms with Gasteiger partial charge in [0.25, 0.3) is 0 Å². The molecule has 0 saturated heterocycles. The van der Waals surface area contributed by atoms with Crippen molar-refractivity contribution in [3.63, 3.8) is 0 Å². The van der Waals surface area contributed by atoms with Crippen molar-refractivity contribution in [2.75, 3.05) is 6.54 Å². The second-order valence-electron chi connectivity index (χ2n) is 5.27. The number of hydrogen-bond donors (Lipinski definition) is 2. The summed E-state index contributed by atoms with van der Waals surface area (Å²) in [6.07, 6.45) is 4.56. The molecule has 1 aliphatic carbocycles. The topological polar surface area (TPSA) is 66.4 Å². The summed E-state index contributed by atoms with van der Waals surface area (Å²) in [4.78, 5) is 22.2. The summed E-state index contributed by atoms with van der Waals surface area (Å²) >= 11 is 0. The van der Waals surface area contributed by atoms with Gasteiger partial charge in [-0.3, -0.25) is 9.59 Å². The molecule has 1 fully saturated rings.